The predicted molar refractivity (Wildman–Crippen MR) is 80.4 cm³/mol. The van der Waals surface area contributed by atoms with E-state index in [4.69, 9.17) is 0 Å². The van der Waals surface area contributed by atoms with Gasteiger partial charge in [-0.05, 0) is 44.2 Å². The Kier molecular flexibility index (Phi) is 5.12. The van der Waals surface area contributed by atoms with Crippen LogP contribution < -0.4 is 0 Å². The number of aromatic nitrogens is 1. The molecule has 0 aliphatic carbocycles. The molecular weight excluding hydrogens is 270 g/mol. The molecule has 1 saturated heterocycles. The lowest BCUT2D eigenvalue weighted by Gasteiger charge is -2.20. The van der Waals surface area contributed by atoms with Crippen LogP contribution in [0.1, 0.15) is 43.6 Å². The molecule has 0 saturated carbocycles. The molecule has 0 bridgehead atoms. The summed E-state index contributed by atoms with van der Waals surface area (Å²) < 4.78 is 0. The average molecular weight is 293 g/mol. The van der Waals surface area contributed by atoms with Gasteiger partial charge in [0.05, 0.1) is 23.4 Å². The van der Waals surface area contributed by atoms with Gasteiger partial charge in [0.25, 0.3) is 5.69 Å². The molecule has 6 heteroatoms. The van der Waals surface area contributed by atoms with Crippen molar-refractivity contribution < 1.29 is 9.72 Å². The molecule has 0 spiro atoms. The van der Waals surface area contributed by atoms with Gasteiger partial charge in [-0.1, -0.05) is 13.8 Å². The third kappa shape index (κ3) is 4.14. The van der Waals surface area contributed by atoms with Gasteiger partial charge in [0.1, 0.15) is 0 Å². The Morgan fingerprint density at radius 3 is 2.86 bits per heavy atom. The predicted octanol–water partition coefficient (Wildman–Crippen LogP) is 2.86. The van der Waals surface area contributed by atoms with E-state index in [0.717, 1.165) is 31.8 Å². The van der Waals surface area contributed by atoms with Gasteiger partial charge in [-0.2, -0.15) is 0 Å². The summed E-state index contributed by atoms with van der Waals surface area (Å²) in [4.78, 5) is 27.2. The summed E-state index contributed by atoms with van der Waals surface area (Å²) in [6.45, 7) is 6.70. The van der Waals surface area contributed by atoms with Crippen LogP contribution in [0.3, 0.4) is 0 Å². The van der Waals surface area contributed by atoms with E-state index in [9.17, 15) is 14.9 Å². The van der Waals surface area contributed by atoms with Crippen LogP contribution in [-0.2, 0) is 0 Å². The number of nitrogens with zero attached hydrogens (tertiary/aromatic N) is 2. The van der Waals surface area contributed by atoms with Gasteiger partial charge in [0.15, 0.2) is 5.78 Å². The van der Waals surface area contributed by atoms with Crippen LogP contribution in [0.4, 0.5) is 5.69 Å². The number of ketones is 1. The first-order valence-corrected chi connectivity index (χ1v) is 7.55. The first-order chi connectivity index (χ1) is 9.97. The van der Waals surface area contributed by atoms with Crippen LogP contribution in [0.5, 0.6) is 0 Å². The summed E-state index contributed by atoms with van der Waals surface area (Å²) in [7, 11) is 0. The number of hydrogen-bond donors (Lipinski definition) is 1. The second kappa shape index (κ2) is 6.85. The van der Waals surface area contributed by atoms with E-state index in [1.54, 1.807) is 0 Å². The molecule has 0 aromatic carbocycles. The lowest BCUT2D eigenvalue weighted by atomic mass is 9.89. The highest BCUT2D eigenvalue weighted by Gasteiger charge is 2.22. The molecule has 21 heavy (non-hydrogen) atoms. The molecule has 1 aliphatic heterocycles. The highest BCUT2D eigenvalue weighted by molar-refractivity contribution is 5.96. The minimum Gasteiger partial charge on any atom is -0.353 e. The van der Waals surface area contributed by atoms with Crippen molar-refractivity contribution in [2.75, 3.05) is 19.6 Å². The zero-order valence-corrected chi connectivity index (χ0v) is 12.7. The zero-order valence-electron chi connectivity index (χ0n) is 12.7. The highest BCUT2D eigenvalue weighted by Crippen LogP contribution is 2.24. The molecule has 1 aliphatic rings. The van der Waals surface area contributed by atoms with E-state index >= 15 is 0 Å². The number of nitrogens with one attached hydrogen (secondary N) is 1. The molecule has 1 atom stereocenters. The van der Waals surface area contributed by atoms with Gasteiger partial charge in [0.2, 0.25) is 0 Å². The van der Waals surface area contributed by atoms with Crippen molar-refractivity contribution in [3.05, 3.63) is 28.1 Å². The molecular formula is C15H23N3O3. The normalized spacial score (nSPS) is 20.4. The summed E-state index contributed by atoms with van der Waals surface area (Å²) in [6, 6.07) is 1.32. The Labute approximate surface area is 124 Å². The van der Waals surface area contributed by atoms with Crippen molar-refractivity contribution in [3.63, 3.8) is 0 Å². The van der Waals surface area contributed by atoms with E-state index in [0.29, 0.717) is 18.2 Å². The fourth-order valence-corrected chi connectivity index (χ4v) is 2.94. The van der Waals surface area contributed by atoms with Gasteiger partial charge < -0.3 is 4.98 Å². The Hall–Kier alpha value is -1.69. The Balaban J connectivity index is 1.91. The average Bonchev–Trinajstić information content (AvgIpc) is 2.81. The summed E-state index contributed by atoms with van der Waals surface area (Å²) in [5, 5.41) is 10.6. The van der Waals surface area contributed by atoms with Crippen molar-refractivity contribution >= 4 is 11.5 Å². The van der Waals surface area contributed by atoms with Crippen LogP contribution in [0.25, 0.3) is 0 Å². The number of aromatic amines is 1. The Morgan fingerprint density at radius 2 is 2.24 bits per heavy atom. The lowest BCUT2D eigenvalue weighted by Crippen LogP contribution is -2.31. The number of likely N-dealkylation sites (tertiary alicyclic amines) is 1. The third-order valence-electron chi connectivity index (χ3n) is 4.35. The molecule has 1 N–H and O–H groups in total. The smallest absolute Gasteiger partial charge is 0.287 e. The number of rotatable bonds is 5. The lowest BCUT2D eigenvalue weighted by molar-refractivity contribution is -0.384. The van der Waals surface area contributed by atoms with Crippen LogP contribution in [0.15, 0.2) is 12.3 Å². The maximum Gasteiger partial charge on any atom is 0.287 e. The van der Waals surface area contributed by atoms with Crippen molar-refractivity contribution in [3.8, 4) is 0 Å². The van der Waals surface area contributed by atoms with Crippen molar-refractivity contribution in [1.29, 1.82) is 0 Å². The van der Waals surface area contributed by atoms with Crippen molar-refractivity contribution in [2.24, 2.45) is 11.8 Å². The molecule has 0 amide bonds. The Morgan fingerprint density at radius 1 is 1.48 bits per heavy atom. The first-order valence-electron chi connectivity index (χ1n) is 7.55. The van der Waals surface area contributed by atoms with Gasteiger partial charge >= 0.3 is 0 Å². The second-order valence-corrected chi connectivity index (χ2v) is 6.16. The first kappa shape index (κ1) is 15.7. The van der Waals surface area contributed by atoms with E-state index in [-0.39, 0.29) is 11.5 Å². The Bertz CT molecular complexity index is 510. The van der Waals surface area contributed by atoms with Gasteiger partial charge in [-0.3, -0.25) is 19.8 Å². The van der Waals surface area contributed by atoms with E-state index in [1.165, 1.54) is 18.7 Å². The van der Waals surface area contributed by atoms with E-state index in [2.05, 4.69) is 23.7 Å². The maximum atomic E-state index is 12.2. The second-order valence-electron chi connectivity index (χ2n) is 6.16. The SMILES string of the molecule is CC(C)C1CCCN(CC(=O)c2cc([N+](=O)[O-])c[nH]2)CC1. The molecule has 1 unspecified atom stereocenters. The van der Waals surface area contributed by atoms with Crippen molar-refractivity contribution in [1.82, 2.24) is 9.88 Å². The summed E-state index contributed by atoms with van der Waals surface area (Å²) >= 11 is 0. The number of nitro groups is 1. The van der Waals surface area contributed by atoms with Crippen LogP contribution in [-0.4, -0.2) is 40.2 Å². The van der Waals surface area contributed by atoms with E-state index in [1.807, 2.05) is 0 Å². The maximum absolute atomic E-state index is 12.2. The van der Waals surface area contributed by atoms with E-state index < -0.39 is 4.92 Å². The third-order valence-corrected chi connectivity index (χ3v) is 4.35. The number of carbonyl (C=O) groups excluding carboxylic acids is 1. The van der Waals surface area contributed by atoms with Gasteiger partial charge in [-0.25, -0.2) is 0 Å². The summed E-state index contributed by atoms with van der Waals surface area (Å²) in [5.74, 6) is 1.34. The van der Waals surface area contributed by atoms with Crippen LogP contribution in [0, 0.1) is 22.0 Å². The standard InChI is InChI=1S/C15H23N3O3/c1-11(2)12-4-3-6-17(7-5-12)10-15(19)14-8-13(9-16-14)18(20)21/h8-9,11-12,16H,3-7,10H2,1-2H3. The van der Waals surface area contributed by atoms with Crippen LogP contribution in [0.2, 0.25) is 0 Å². The molecule has 0 radical (unpaired) electrons. The molecule has 2 heterocycles. The molecule has 1 aromatic rings. The monoisotopic (exact) mass is 293 g/mol. The fraction of sp³-hybridized carbons (Fsp3) is 0.667. The minimum atomic E-state index is -0.494. The minimum absolute atomic E-state index is 0.0610. The molecule has 2 rings (SSSR count). The molecule has 1 fully saturated rings. The number of H-pyrrole nitrogens is 1. The largest absolute Gasteiger partial charge is 0.353 e. The fourth-order valence-electron chi connectivity index (χ4n) is 2.94. The molecule has 1 aromatic heterocycles. The molecule has 6 nitrogen and oxygen atoms in total. The highest BCUT2D eigenvalue weighted by atomic mass is 16.6. The summed E-state index contributed by atoms with van der Waals surface area (Å²) in [6.07, 6.45) is 4.72. The van der Waals surface area contributed by atoms with Crippen LogP contribution >= 0.6 is 0 Å². The number of carbonyl (C=O) groups is 1. The molecule has 116 valence electrons. The quantitative estimate of drug-likeness (QED) is 0.514. The van der Waals surface area contributed by atoms with Gasteiger partial charge in [0, 0.05) is 6.07 Å². The van der Waals surface area contributed by atoms with Gasteiger partial charge in [-0.15, -0.1) is 0 Å². The number of hydrogen-bond acceptors (Lipinski definition) is 4. The van der Waals surface area contributed by atoms with Crippen molar-refractivity contribution in [2.45, 2.75) is 33.1 Å². The number of Topliss-reactive ketones (excluding diaryl/α,β-unsaturated/α-hetero) is 1. The zero-order chi connectivity index (χ0) is 15.4. The topological polar surface area (TPSA) is 79.2 Å². The summed E-state index contributed by atoms with van der Waals surface area (Å²) in [5.41, 5.74) is 0.264.